The maximum atomic E-state index is 12.9. The number of nitrogens with zero attached hydrogens (tertiary/aromatic N) is 1. The number of rotatable bonds is 6. The Morgan fingerprint density at radius 2 is 1.79 bits per heavy atom. The van der Waals surface area contributed by atoms with Gasteiger partial charge >= 0.3 is 0 Å². The number of ether oxygens (including phenoxy) is 1. The Morgan fingerprint density at radius 3 is 2.54 bits per heavy atom. The van der Waals surface area contributed by atoms with Gasteiger partial charge < -0.3 is 4.74 Å². The van der Waals surface area contributed by atoms with Crippen LogP contribution in [-0.2, 0) is 6.61 Å². The van der Waals surface area contributed by atoms with Crippen LogP contribution >= 0.6 is 23.2 Å². The average Bonchev–Trinajstić information content (AvgIpc) is 2.68. The van der Waals surface area contributed by atoms with Crippen LogP contribution in [0.3, 0.4) is 0 Å². The van der Waals surface area contributed by atoms with Crippen molar-refractivity contribution in [3.05, 3.63) is 99.3 Å². The topological polar surface area (TPSA) is 50.7 Å². The van der Waals surface area contributed by atoms with Gasteiger partial charge in [0.15, 0.2) is 0 Å². The van der Waals surface area contributed by atoms with Crippen LogP contribution < -0.4 is 10.2 Å². The molecule has 0 fully saturated rings. The first-order valence-electron chi connectivity index (χ1n) is 8.27. The molecule has 28 heavy (non-hydrogen) atoms. The number of hydrazone groups is 1. The third-order valence-corrected chi connectivity index (χ3v) is 4.20. The molecule has 0 unspecified atom stereocenters. The largest absolute Gasteiger partial charge is 0.488 e. The van der Waals surface area contributed by atoms with Gasteiger partial charge in [0.2, 0.25) is 0 Å². The zero-order valence-corrected chi connectivity index (χ0v) is 16.0. The van der Waals surface area contributed by atoms with E-state index in [1.165, 1.54) is 30.5 Å². The smallest absolute Gasteiger partial charge is 0.271 e. The van der Waals surface area contributed by atoms with Crippen LogP contribution in [-0.4, -0.2) is 12.1 Å². The van der Waals surface area contributed by atoms with E-state index >= 15 is 0 Å². The zero-order valence-electron chi connectivity index (χ0n) is 14.5. The van der Waals surface area contributed by atoms with Crippen molar-refractivity contribution >= 4 is 35.3 Å². The zero-order chi connectivity index (χ0) is 19.9. The Labute approximate surface area is 171 Å². The maximum Gasteiger partial charge on any atom is 0.271 e. The number of carbonyl (C=O) groups is 1. The Morgan fingerprint density at radius 1 is 1.04 bits per heavy atom. The minimum absolute atomic E-state index is 0.294. The van der Waals surface area contributed by atoms with Crippen molar-refractivity contribution < 1.29 is 13.9 Å². The molecular weight excluding hydrogens is 402 g/mol. The first kappa shape index (κ1) is 19.9. The predicted octanol–water partition coefficient (Wildman–Crippen LogP) is 5.48. The maximum absolute atomic E-state index is 12.9. The third-order valence-electron chi connectivity index (χ3n) is 3.73. The molecule has 142 valence electrons. The summed E-state index contributed by atoms with van der Waals surface area (Å²) in [6.07, 6.45) is 1.43. The summed E-state index contributed by atoms with van der Waals surface area (Å²) in [5.41, 5.74) is 4.18. The molecule has 0 spiro atoms. The van der Waals surface area contributed by atoms with E-state index in [-0.39, 0.29) is 0 Å². The summed E-state index contributed by atoms with van der Waals surface area (Å²) >= 11 is 12.0. The van der Waals surface area contributed by atoms with Crippen molar-refractivity contribution in [3.8, 4) is 5.75 Å². The summed E-state index contributed by atoms with van der Waals surface area (Å²) in [7, 11) is 0. The molecule has 3 rings (SSSR count). The second kappa shape index (κ2) is 9.35. The van der Waals surface area contributed by atoms with Crippen LogP contribution in [0.25, 0.3) is 0 Å². The lowest BCUT2D eigenvalue weighted by molar-refractivity contribution is 0.0955. The molecule has 1 N–H and O–H groups in total. The number of amides is 1. The Hall–Kier alpha value is -2.89. The van der Waals surface area contributed by atoms with Crippen LogP contribution in [0.15, 0.2) is 71.8 Å². The van der Waals surface area contributed by atoms with Crippen LogP contribution in [0.5, 0.6) is 5.75 Å². The van der Waals surface area contributed by atoms with Gasteiger partial charge in [-0.15, -0.1) is 0 Å². The van der Waals surface area contributed by atoms with Gasteiger partial charge in [-0.1, -0.05) is 35.3 Å². The van der Waals surface area contributed by atoms with Crippen molar-refractivity contribution in [2.24, 2.45) is 5.10 Å². The van der Waals surface area contributed by atoms with Crippen molar-refractivity contribution in [3.63, 3.8) is 0 Å². The van der Waals surface area contributed by atoms with Gasteiger partial charge in [0, 0.05) is 21.2 Å². The molecule has 0 bridgehead atoms. The SMILES string of the molecule is O=C(N/N=C\c1cc(Cl)ccc1OCc1cccc(Cl)c1)c1ccc(F)cc1. The van der Waals surface area contributed by atoms with E-state index in [1.807, 2.05) is 18.2 Å². The van der Waals surface area contributed by atoms with Gasteiger partial charge in [0.05, 0.1) is 6.21 Å². The summed E-state index contributed by atoms with van der Waals surface area (Å²) in [5.74, 6) is -0.329. The van der Waals surface area contributed by atoms with Crippen molar-refractivity contribution in [1.29, 1.82) is 0 Å². The monoisotopic (exact) mass is 416 g/mol. The normalized spacial score (nSPS) is 10.8. The van der Waals surface area contributed by atoms with Gasteiger partial charge in [-0.2, -0.15) is 5.10 Å². The fraction of sp³-hybridized carbons (Fsp3) is 0.0476. The third kappa shape index (κ3) is 5.55. The molecule has 7 heteroatoms. The van der Waals surface area contributed by atoms with Crippen LogP contribution in [0.4, 0.5) is 4.39 Å². The number of halogens is 3. The molecule has 0 aliphatic heterocycles. The van der Waals surface area contributed by atoms with Gasteiger partial charge in [-0.05, 0) is 60.2 Å². The molecule has 1 amide bonds. The highest BCUT2D eigenvalue weighted by molar-refractivity contribution is 6.31. The molecule has 0 aliphatic carbocycles. The summed E-state index contributed by atoms with van der Waals surface area (Å²) in [6.45, 7) is 0.310. The first-order chi connectivity index (χ1) is 13.5. The lowest BCUT2D eigenvalue weighted by Crippen LogP contribution is -2.17. The van der Waals surface area contributed by atoms with Crippen molar-refractivity contribution in [2.75, 3.05) is 0 Å². The Kier molecular flexibility index (Phi) is 6.63. The van der Waals surface area contributed by atoms with Gasteiger partial charge in [0.1, 0.15) is 18.2 Å². The van der Waals surface area contributed by atoms with Crippen molar-refractivity contribution in [1.82, 2.24) is 5.43 Å². The van der Waals surface area contributed by atoms with E-state index < -0.39 is 11.7 Å². The van der Waals surface area contributed by atoms with E-state index in [0.29, 0.717) is 33.5 Å². The summed E-state index contributed by atoms with van der Waals surface area (Å²) in [6, 6.07) is 17.6. The minimum atomic E-state index is -0.459. The van der Waals surface area contributed by atoms with Gasteiger partial charge in [-0.25, -0.2) is 9.82 Å². The summed E-state index contributed by atoms with van der Waals surface area (Å²) in [4.78, 5) is 12.0. The molecule has 3 aromatic carbocycles. The number of hydrogen-bond donors (Lipinski definition) is 1. The lowest BCUT2D eigenvalue weighted by atomic mass is 10.2. The molecule has 0 aromatic heterocycles. The molecule has 0 radical (unpaired) electrons. The molecule has 0 saturated carbocycles. The van der Waals surface area contributed by atoms with Gasteiger partial charge in [-0.3, -0.25) is 4.79 Å². The number of carbonyl (C=O) groups excluding carboxylic acids is 1. The first-order valence-corrected chi connectivity index (χ1v) is 9.02. The van der Waals surface area contributed by atoms with Crippen LogP contribution in [0.1, 0.15) is 21.5 Å². The van der Waals surface area contributed by atoms with Crippen molar-refractivity contribution in [2.45, 2.75) is 6.61 Å². The van der Waals surface area contributed by atoms with Gasteiger partial charge in [0.25, 0.3) is 5.91 Å². The molecule has 0 saturated heterocycles. The van der Waals surface area contributed by atoms with E-state index in [9.17, 15) is 9.18 Å². The van der Waals surface area contributed by atoms with E-state index in [0.717, 1.165) is 5.56 Å². The molecule has 4 nitrogen and oxygen atoms in total. The predicted molar refractivity (Wildman–Crippen MR) is 109 cm³/mol. The Bertz CT molecular complexity index is 1010. The quantitative estimate of drug-likeness (QED) is 0.427. The fourth-order valence-corrected chi connectivity index (χ4v) is 2.76. The standard InChI is InChI=1S/C21H15Cl2FN2O2/c22-17-3-1-2-14(10-17)13-28-20-9-6-18(23)11-16(20)12-25-26-21(27)15-4-7-19(24)8-5-15/h1-12H,13H2,(H,26,27)/b25-12-. The highest BCUT2D eigenvalue weighted by Gasteiger charge is 2.06. The molecule has 3 aromatic rings. The van der Waals surface area contributed by atoms with E-state index in [4.69, 9.17) is 27.9 Å². The fourth-order valence-electron chi connectivity index (χ4n) is 2.37. The Balaban J connectivity index is 1.68. The van der Waals surface area contributed by atoms with E-state index in [2.05, 4.69) is 10.5 Å². The molecule has 0 atom stereocenters. The van der Waals surface area contributed by atoms with E-state index in [1.54, 1.807) is 24.3 Å². The highest BCUT2D eigenvalue weighted by atomic mass is 35.5. The second-order valence-electron chi connectivity index (χ2n) is 5.81. The molecule has 0 aliphatic rings. The lowest BCUT2D eigenvalue weighted by Gasteiger charge is -2.10. The number of nitrogens with one attached hydrogen (secondary N) is 1. The minimum Gasteiger partial charge on any atom is -0.488 e. The summed E-state index contributed by atoms with van der Waals surface area (Å²) in [5, 5.41) is 5.06. The second-order valence-corrected chi connectivity index (χ2v) is 6.68. The number of hydrogen-bond acceptors (Lipinski definition) is 3. The van der Waals surface area contributed by atoms with Crippen LogP contribution in [0, 0.1) is 5.82 Å². The molecule has 0 heterocycles. The average molecular weight is 417 g/mol. The van der Waals surface area contributed by atoms with Crippen LogP contribution in [0.2, 0.25) is 10.0 Å². The summed E-state index contributed by atoms with van der Waals surface area (Å²) < 4.78 is 18.8. The number of benzene rings is 3. The molecular formula is C21H15Cl2FN2O2. The highest BCUT2D eigenvalue weighted by Crippen LogP contribution is 2.23.